The van der Waals surface area contributed by atoms with E-state index in [0.29, 0.717) is 25.6 Å². The molecule has 8 heteroatoms. The van der Waals surface area contributed by atoms with Gasteiger partial charge >= 0.3 is 5.97 Å². The van der Waals surface area contributed by atoms with E-state index in [2.05, 4.69) is 42.4 Å². The van der Waals surface area contributed by atoms with Gasteiger partial charge in [0, 0.05) is 10.0 Å². The predicted octanol–water partition coefficient (Wildman–Crippen LogP) is 4.92. The van der Waals surface area contributed by atoms with Crippen molar-refractivity contribution >= 4 is 50.0 Å². The number of halogens is 2. The molecular formula is C23H18Br2N2O4. The average molecular weight is 546 g/mol. The first kappa shape index (κ1) is 22.9. The summed E-state index contributed by atoms with van der Waals surface area (Å²) in [6.45, 7) is 1.89. The zero-order valence-corrected chi connectivity index (χ0v) is 19.6. The number of hydrazone groups is 1. The van der Waals surface area contributed by atoms with Crippen LogP contribution in [0.15, 0.2) is 80.8 Å². The molecule has 31 heavy (non-hydrogen) atoms. The Morgan fingerprint density at radius 1 is 1.06 bits per heavy atom. The Bertz CT molecular complexity index is 1130. The fraction of sp³-hybridized carbons (Fsp3) is 0.0870. The van der Waals surface area contributed by atoms with Gasteiger partial charge in [-0.15, -0.1) is 0 Å². The molecule has 3 aromatic rings. The lowest BCUT2D eigenvalue weighted by molar-refractivity contribution is -0.129. The van der Waals surface area contributed by atoms with Gasteiger partial charge in [-0.05, 0) is 52.7 Å². The minimum Gasteiger partial charge on any atom is -0.421 e. The Labute approximate surface area is 196 Å². The molecule has 0 fully saturated rings. The molecule has 0 radical (unpaired) electrons. The number of amides is 1. The van der Waals surface area contributed by atoms with E-state index in [1.54, 1.807) is 60.7 Å². The van der Waals surface area contributed by atoms with Gasteiger partial charge in [-0.2, -0.15) is 5.10 Å². The van der Waals surface area contributed by atoms with Crippen LogP contribution in [0.1, 0.15) is 33.2 Å². The van der Waals surface area contributed by atoms with Crippen molar-refractivity contribution < 1.29 is 19.4 Å². The van der Waals surface area contributed by atoms with E-state index < -0.39 is 18.0 Å². The molecule has 1 amide bonds. The molecule has 1 atom stereocenters. The number of nitrogens with zero attached hydrogens (tertiary/aromatic N) is 1. The molecule has 0 aliphatic carbocycles. The fourth-order valence-corrected chi connectivity index (χ4v) is 4.06. The molecule has 0 spiro atoms. The number of rotatable bonds is 6. The van der Waals surface area contributed by atoms with Crippen LogP contribution in [0.5, 0.6) is 5.75 Å². The number of hydrogen-bond acceptors (Lipinski definition) is 5. The quantitative estimate of drug-likeness (QED) is 0.199. The third-order valence-electron chi connectivity index (χ3n) is 4.23. The van der Waals surface area contributed by atoms with E-state index in [9.17, 15) is 14.7 Å². The number of carbonyl (C=O) groups excluding carboxylic acids is 2. The summed E-state index contributed by atoms with van der Waals surface area (Å²) >= 11 is 6.77. The third kappa shape index (κ3) is 6.10. The van der Waals surface area contributed by atoms with E-state index in [4.69, 9.17) is 4.74 Å². The maximum atomic E-state index is 12.6. The van der Waals surface area contributed by atoms with Crippen LogP contribution in [0.25, 0.3) is 0 Å². The third-order valence-corrected chi connectivity index (χ3v) is 5.27. The number of esters is 1. The summed E-state index contributed by atoms with van der Waals surface area (Å²) in [6, 6.07) is 19.0. The van der Waals surface area contributed by atoms with Gasteiger partial charge < -0.3 is 9.84 Å². The minimum absolute atomic E-state index is 0.247. The Balaban J connectivity index is 1.78. The highest BCUT2D eigenvalue weighted by molar-refractivity contribution is 9.11. The van der Waals surface area contributed by atoms with Crippen molar-refractivity contribution in [3.8, 4) is 5.75 Å². The van der Waals surface area contributed by atoms with Crippen molar-refractivity contribution in [1.82, 2.24) is 5.43 Å². The van der Waals surface area contributed by atoms with Crippen molar-refractivity contribution in [2.24, 2.45) is 5.10 Å². The molecule has 6 nitrogen and oxygen atoms in total. The second-order valence-electron chi connectivity index (χ2n) is 6.61. The summed E-state index contributed by atoms with van der Waals surface area (Å²) < 4.78 is 6.83. The SMILES string of the molecule is Cc1cccc(C(=O)Oc2c(Br)cc(Br)cc2/C=N/NC(=O)C(O)c2ccccc2)c1. The van der Waals surface area contributed by atoms with E-state index in [1.807, 2.05) is 13.0 Å². The van der Waals surface area contributed by atoms with Crippen LogP contribution in [0, 0.1) is 6.92 Å². The summed E-state index contributed by atoms with van der Waals surface area (Å²) in [5, 5.41) is 14.0. The van der Waals surface area contributed by atoms with Crippen LogP contribution in [-0.4, -0.2) is 23.2 Å². The molecule has 0 saturated heterocycles. The number of nitrogens with one attached hydrogen (secondary N) is 1. The van der Waals surface area contributed by atoms with Crippen LogP contribution in [0.4, 0.5) is 0 Å². The van der Waals surface area contributed by atoms with Gasteiger partial charge in [-0.3, -0.25) is 4.79 Å². The molecule has 158 valence electrons. The Morgan fingerprint density at radius 3 is 2.52 bits per heavy atom. The van der Waals surface area contributed by atoms with Crippen LogP contribution in [0.3, 0.4) is 0 Å². The van der Waals surface area contributed by atoms with E-state index in [1.165, 1.54) is 6.21 Å². The first-order valence-corrected chi connectivity index (χ1v) is 10.8. The highest BCUT2D eigenvalue weighted by Crippen LogP contribution is 2.32. The van der Waals surface area contributed by atoms with E-state index >= 15 is 0 Å². The molecule has 0 aromatic heterocycles. The van der Waals surface area contributed by atoms with Crippen LogP contribution in [-0.2, 0) is 4.79 Å². The number of carbonyl (C=O) groups is 2. The number of hydrogen-bond donors (Lipinski definition) is 2. The number of aliphatic hydroxyl groups is 1. The van der Waals surface area contributed by atoms with Crippen molar-refractivity contribution in [3.05, 3.63) is 97.9 Å². The average Bonchev–Trinajstić information content (AvgIpc) is 2.75. The van der Waals surface area contributed by atoms with Gasteiger partial charge in [-0.25, -0.2) is 10.2 Å². The number of aliphatic hydroxyl groups excluding tert-OH is 1. The number of ether oxygens (including phenoxy) is 1. The first-order valence-electron chi connectivity index (χ1n) is 9.19. The Kier molecular flexibility index (Phi) is 7.73. The lowest BCUT2D eigenvalue weighted by Crippen LogP contribution is -2.25. The molecule has 2 N–H and O–H groups in total. The molecule has 1 unspecified atom stereocenters. The predicted molar refractivity (Wildman–Crippen MR) is 125 cm³/mol. The largest absolute Gasteiger partial charge is 0.421 e. The van der Waals surface area contributed by atoms with Crippen LogP contribution < -0.4 is 10.2 Å². The molecule has 3 aromatic carbocycles. The number of aryl methyl sites for hydroxylation is 1. The summed E-state index contributed by atoms with van der Waals surface area (Å²) in [5.74, 6) is -0.962. The minimum atomic E-state index is -1.36. The first-order chi connectivity index (χ1) is 14.8. The molecule has 3 rings (SSSR count). The van der Waals surface area contributed by atoms with Gasteiger partial charge in [0.05, 0.1) is 16.3 Å². The summed E-state index contributed by atoms with van der Waals surface area (Å²) in [6.07, 6.45) is -0.0181. The molecular weight excluding hydrogens is 528 g/mol. The van der Waals surface area contributed by atoms with Crippen molar-refractivity contribution in [2.45, 2.75) is 13.0 Å². The van der Waals surface area contributed by atoms with Crippen LogP contribution >= 0.6 is 31.9 Å². The zero-order valence-electron chi connectivity index (χ0n) is 16.4. The van der Waals surface area contributed by atoms with E-state index in [-0.39, 0.29) is 5.75 Å². The topological polar surface area (TPSA) is 88.0 Å². The van der Waals surface area contributed by atoms with Gasteiger partial charge in [0.1, 0.15) is 0 Å². The maximum Gasteiger partial charge on any atom is 0.343 e. The van der Waals surface area contributed by atoms with E-state index in [0.717, 1.165) is 5.56 Å². The van der Waals surface area contributed by atoms with Gasteiger partial charge in [0.2, 0.25) is 0 Å². The maximum absolute atomic E-state index is 12.6. The normalized spacial score (nSPS) is 11.9. The van der Waals surface area contributed by atoms with Gasteiger partial charge in [0.15, 0.2) is 11.9 Å². The van der Waals surface area contributed by atoms with Crippen molar-refractivity contribution in [1.29, 1.82) is 0 Å². The highest BCUT2D eigenvalue weighted by Gasteiger charge is 2.17. The second kappa shape index (κ2) is 10.5. The summed E-state index contributed by atoms with van der Waals surface area (Å²) in [4.78, 5) is 24.8. The van der Waals surface area contributed by atoms with Crippen molar-refractivity contribution in [2.75, 3.05) is 0 Å². The molecule has 0 heterocycles. The summed E-state index contributed by atoms with van der Waals surface area (Å²) in [7, 11) is 0. The lowest BCUT2D eigenvalue weighted by atomic mass is 10.1. The summed E-state index contributed by atoms with van der Waals surface area (Å²) in [5.41, 5.74) is 4.54. The lowest BCUT2D eigenvalue weighted by Gasteiger charge is -2.11. The number of benzene rings is 3. The molecule has 0 aliphatic heterocycles. The molecule has 0 bridgehead atoms. The molecule has 0 saturated carbocycles. The van der Waals surface area contributed by atoms with Gasteiger partial charge in [0.25, 0.3) is 5.91 Å². The second-order valence-corrected chi connectivity index (χ2v) is 8.38. The van der Waals surface area contributed by atoms with Crippen LogP contribution in [0.2, 0.25) is 0 Å². The Hall–Kier alpha value is -2.81. The Morgan fingerprint density at radius 2 is 1.81 bits per heavy atom. The molecule has 0 aliphatic rings. The highest BCUT2D eigenvalue weighted by atomic mass is 79.9. The zero-order chi connectivity index (χ0) is 22.4. The fourth-order valence-electron chi connectivity index (χ4n) is 2.72. The standard InChI is InChI=1S/C23H18Br2N2O4/c1-14-6-5-9-16(10-14)23(30)31-21-17(11-18(24)12-19(21)25)13-26-27-22(29)20(28)15-7-3-2-4-8-15/h2-13,20,28H,1H3,(H,27,29)/b26-13+. The van der Waals surface area contributed by atoms with Gasteiger partial charge in [-0.1, -0.05) is 64.0 Å². The van der Waals surface area contributed by atoms with Crippen molar-refractivity contribution in [3.63, 3.8) is 0 Å². The smallest absolute Gasteiger partial charge is 0.343 e. The monoisotopic (exact) mass is 544 g/mol.